The van der Waals surface area contributed by atoms with Crippen molar-refractivity contribution in [1.29, 1.82) is 0 Å². The van der Waals surface area contributed by atoms with Crippen LogP contribution in [0.2, 0.25) is 0 Å². The van der Waals surface area contributed by atoms with Gasteiger partial charge in [-0.15, -0.1) is 11.3 Å². The summed E-state index contributed by atoms with van der Waals surface area (Å²) in [6.45, 7) is 0.254. The summed E-state index contributed by atoms with van der Waals surface area (Å²) in [7, 11) is 0. The molecule has 1 atom stereocenters. The normalized spacial score (nSPS) is 16.7. The Morgan fingerprint density at radius 3 is 2.62 bits per heavy atom. The standard InChI is InChI=1S/C20H19NO2S/c22-19(16-8-7-14-4-1-2-5-15(14)12-16)21-13-20(23,17-9-10-17)18-6-3-11-24-18/h1-8,11-12,17,23H,9-10,13H2,(H,21,22). The fraction of sp³-hybridized carbons (Fsp3) is 0.250. The summed E-state index contributed by atoms with van der Waals surface area (Å²) >= 11 is 1.55. The highest BCUT2D eigenvalue weighted by molar-refractivity contribution is 7.10. The van der Waals surface area contributed by atoms with Crippen LogP contribution in [-0.4, -0.2) is 17.6 Å². The first-order valence-electron chi connectivity index (χ1n) is 8.20. The third kappa shape index (κ3) is 2.83. The molecule has 0 aliphatic heterocycles. The van der Waals surface area contributed by atoms with Crippen molar-refractivity contribution in [2.24, 2.45) is 5.92 Å². The van der Waals surface area contributed by atoms with Gasteiger partial charge in [-0.3, -0.25) is 4.79 Å². The van der Waals surface area contributed by atoms with Crippen LogP contribution in [0.1, 0.15) is 28.1 Å². The lowest BCUT2D eigenvalue weighted by atomic mass is 9.95. The average Bonchev–Trinajstić information content (AvgIpc) is 3.34. The highest BCUT2D eigenvalue weighted by Crippen LogP contribution is 2.46. The first-order valence-corrected chi connectivity index (χ1v) is 9.08. The number of benzene rings is 2. The summed E-state index contributed by atoms with van der Waals surface area (Å²) in [6, 6.07) is 17.6. The lowest BCUT2D eigenvalue weighted by Gasteiger charge is -2.27. The molecule has 1 unspecified atom stereocenters. The Labute approximate surface area is 144 Å². The minimum absolute atomic E-state index is 0.142. The Morgan fingerprint density at radius 1 is 1.12 bits per heavy atom. The molecule has 0 saturated heterocycles. The van der Waals surface area contributed by atoms with Gasteiger partial charge in [-0.05, 0) is 53.1 Å². The van der Waals surface area contributed by atoms with Crippen molar-refractivity contribution in [3.05, 3.63) is 70.4 Å². The maximum absolute atomic E-state index is 12.5. The van der Waals surface area contributed by atoms with E-state index in [4.69, 9.17) is 0 Å². The number of nitrogens with one attached hydrogen (secondary N) is 1. The number of carbonyl (C=O) groups is 1. The predicted molar refractivity (Wildman–Crippen MR) is 97.2 cm³/mol. The Bertz CT molecular complexity index is 870. The highest BCUT2D eigenvalue weighted by atomic mass is 32.1. The van der Waals surface area contributed by atoms with Crippen LogP contribution < -0.4 is 5.32 Å². The molecule has 3 nitrogen and oxygen atoms in total. The SMILES string of the molecule is O=C(NCC(O)(c1cccs1)C1CC1)c1ccc2ccccc2c1. The molecule has 0 bridgehead atoms. The maximum atomic E-state index is 12.5. The number of amides is 1. The van der Waals surface area contributed by atoms with E-state index in [1.165, 1.54) is 0 Å². The topological polar surface area (TPSA) is 49.3 Å². The van der Waals surface area contributed by atoms with Crippen LogP contribution in [0.3, 0.4) is 0 Å². The minimum Gasteiger partial charge on any atom is -0.382 e. The van der Waals surface area contributed by atoms with Crippen LogP contribution in [-0.2, 0) is 5.60 Å². The first-order chi connectivity index (χ1) is 11.7. The average molecular weight is 337 g/mol. The lowest BCUT2D eigenvalue weighted by Crippen LogP contribution is -2.42. The molecule has 1 fully saturated rings. The molecule has 2 N–H and O–H groups in total. The summed E-state index contributed by atoms with van der Waals surface area (Å²) < 4.78 is 0. The Hall–Kier alpha value is -2.17. The van der Waals surface area contributed by atoms with E-state index < -0.39 is 5.60 Å². The number of hydrogen-bond donors (Lipinski definition) is 2. The van der Waals surface area contributed by atoms with Crippen LogP contribution in [0.4, 0.5) is 0 Å². The van der Waals surface area contributed by atoms with E-state index in [0.717, 1.165) is 28.5 Å². The second kappa shape index (κ2) is 6.04. The second-order valence-electron chi connectivity index (χ2n) is 6.42. The first kappa shape index (κ1) is 15.4. The van der Waals surface area contributed by atoms with Gasteiger partial charge in [-0.25, -0.2) is 0 Å². The summed E-state index contributed by atoms with van der Waals surface area (Å²) in [5.41, 5.74) is -0.321. The van der Waals surface area contributed by atoms with Crippen molar-refractivity contribution >= 4 is 28.0 Å². The van der Waals surface area contributed by atoms with Crippen molar-refractivity contribution in [2.75, 3.05) is 6.54 Å². The number of aliphatic hydroxyl groups is 1. The third-order valence-electron chi connectivity index (χ3n) is 4.73. The number of fused-ring (bicyclic) bond motifs is 1. The van der Waals surface area contributed by atoms with Gasteiger partial charge < -0.3 is 10.4 Å². The smallest absolute Gasteiger partial charge is 0.251 e. The quantitative estimate of drug-likeness (QED) is 0.741. The van der Waals surface area contributed by atoms with E-state index in [1.54, 1.807) is 11.3 Å². The Kier molecular flexibility index (Phi) is 3.87. The van der Waals surface area contributed by atoms with Crippen LogP contribution >= 0.6 is 11.3 Å². The molecule has 2 aromatic carbocycles. The molecular formula is C20H19NO2S. The molecule has 4 heteroatoms. The van der Waals surface area contributed by atoms with E-state index >= 15 is 0 Å². The van der Waals surface area contributed by atoms with Crippen molar-refractivity contribution in [1.82, 2.24) is 5.32 Å². The zero-order valence-electron chi connectivity index (χ0n) is 13.2. The van der Waals surface area contributed by atoms with Crippen LogP contribution in [0.15, 0.2) is 60.0 Å². The molecular weight excluding hydrogens is 318 g/mol. The van der Waals surface area contributed by atoms with Gasteiger partial charge in [0.15, 0.2) is 0 Å². The molecule has 0 radical (unpaired) electrons. The number of rotatable bonds is 5. The molecule has 1 saturated carbocycles. The molecule has 24 heavy (non-hydrogen) atoms. The summed E-state index contributed by atoms with van der Waals surface area (Å²) in [4.78, 5) is 13.5. The molecule has 4 rings (SSSR count). The molecule has 1 heterocycles. The van der Waals surface area contributed by atoms with Gasteiger partial charge >= 0.3 is 0 Å². The fourth-order valence-electron chi connectivity index (χ4n) is 3.17. The largest absolute Gasteiger partial charge is 0.382 e. The Morgan fingerprint density at radius 2 is 1.92 bits per heavy atom. The monoisotopic (exact) mass is 337 g/mol. The molecule has 0 spiro atoms. The molecule has 122 valence electrons. The van der Waals surface area contributed by atoms with Gasteiger partial charge in [-0.2, -0.15) is 0 Å². The number of hydrogen-bond acceptors (Lipinski definition) is 3. The summed E-state index contributed by atoms with van der Waals surface area (Å²) in [5, 5.41) is 18.1. The van der Waals surface area contributed by atoms with Crippen LogP contribution in [0, 0.1) is 5.92 Å². The third-order valence-corrected chi connectivity index (χ3v) is 5.77. The van der Waals surface area contributed by atoms with Gasteiger partial charge in [0.1, 0.15) is 5.60 Å². The fourth-order valence-corrected chi connectivity index (χ4v) is 4.07. The van der Waals surface area contributed by atoms with Crippen molar-refractivity contribution in [2.45, 2.75) is 18.4 Å². The Balaban J connectivity index is 1.52. The highest BCUT2D eigenvalue weighted by Gasteiger charge is 2.45. The molecule has 1 aliphatic carbocycles. The van der Waals surface area contributed by atoms with E-state index in [0.29, 0.717) is 5.56 Å². The van der Waals surface area contributed by atoms with Gasteiger partial charge in [0.05, 0.1) is 6.54 Å². The number of thiophene rings is 1. The van der Waals surface area contributed by atoms with Crippen LogP contribution in [0.25, 0.3) is 10.8 Å². The van der Waals surface area contributed by atoms with E-state index in [2.05, 4.69) is 5.32 Å². The van der Waals surface area contributed by atoms with Crippen molar-refractivity contribution in [3.63, 3.8) is 0 Å². The molecule has 1 amide bonds. The van der Waals surface area contributed by atoms with Gasteiger partial charge in [-0.1, -0.05) is 36.4 Å². The minimum atomic E-state index is -0.944. The van der Waals surface area contributed by atoms with E-state index in [-0.39, 0.29) is 18.4 Å². The molecule has 1 aliphatic rings. The second-order valence-corrected chi connectivity index (χ2v) is 7.37. The van der Waals surface area contributed by atoms with Crippen molar-refractivity contribution < 1.29 is 9.90 Å². The summed E-state index contributed by atoms with van der Waals surface area (Å²) in [6.07, 6.45) is 2.03. The zero-order valence-corrected chi connectivity index (χ0v) is 14.1. The summed E-state index contributed by atoms with van der Waals surface area (Å²) in [5.74, 6) is 0.101. The maximum Gasteiger partial charge on any atom is 0.251 e. The zero-order chi connectivity index (χ0) is 16.6. The van der Waals surface area contributed by atoms with E-state index in [1.807, 2.05) is 60.0 Å². The van der Waals surface area contributed by atoms with E-state index in [9.17, 15) is 9.90 Å². The van der Waals surface area contributed by atoms with Gasteiger partial charge in [0.2, 0.25) is 0 Å². The predicted octanol–water partition coefficient (Wildman–Crippen LogP) is 3.93. The number of carbonyl (C=O) groups excluding carboxylic acids is 1. The molecule has 1 aromatic heterocycles. The van der Waals surface area contributed by atoms with Gasteiger partial charge in [0, 0.05) is 10.4 Å². The van der Waals surface area contributed by atoms with Crippen molar-refractivity contribution in [3.8, 4) is 0 Å². The van der Waals surface area contributed by atoms with Crippen LogP contribution in [0.5, 0.6) is 0 Å². The lowest BCUT2D eigenvalue weighted by molar-refractivity contribution is 0.0169. The molecule has 3 aromatic rings. The van der Waals surface area contributed by atoms with Gasteiger partial charge in [0.25, 0.3) is 5.91 Å².